The SMILES string of the molecule is O=C1[C@@H]2OC[C@H](O2)[C@@H]2[C@H]1[C@@H]2C(=O)c1cccs1. The molecule has 3 fully saturated rings. The van der Waals surface area contributed by atoms with Crippen LogP contribution in [0, 0.1) is 17.8 Å². The molecule has 2 saturated heterocycles. The zero-order valence-electron chi connectivity index (χ0n) is 8.87. The second-order valence-corrected chi connectivity index (χ2v) is 5.66. The molecule has 4 rings (SSSR count). The van der Waals surface area contributed by atoms with E-state index < -0.39 is 6.29 Å². The van der Waals surface area contributed by atoms with Crippen LogP contribution in [0.15, 0.2) is 17.5 Å². The van der Waals surface area contributed by atoms with E-state index in [0.29, 0.717) is 6.61 Å². The lowest BCUT2D eigenvalue weighted by molar-refractivity contribution is -0.153. The molecule has 88 valence electrons. The van der Waals surface area contributed by atoms with E-state index in [1.54, 1.807) is 0 Å². The number of ketones is 2. The lowest BCUT2D eigenvalue weighted by atomic mass is 10.1. The summed E-state index contributed by atoms with van der Waals surface area (Å²) in [6.45, 7) is 0.450. The third-order valence-electron chi connectivity index (χ3n) is 3.84. The summed E-state index contributed by atoms with van der Waals surface area (Å²) in [6.07, 6.45) is -0.765. The molecule has 0 spiro atoms. The van der Waals surface area contributed by atoms with Crippen molar-refractivity contribution in [3.63, 3.8) is 0 Å². The topological polar surface area (TPSA) is 52.6 Å². The minimum Gasteiger partial charge on any atom is -0.343 e. The van der Waals surface area contributed by atoms with E-state index in [1.165, 1.54) is 11.3 Å². The normalized spacial score (nSPS) is 42.4. The van der Waals surface area contributed by atoms with Gasteiger partial charge >= 0.3 is 0 Å². The molecule has 0 unspecified atom stereocenters. The molecule has 4 nitrogen and oxygen atoms in total. The Morgan fingerprint density at radius 1 is 1.47 bits per heavy atom. The second-order valence-electron chi connectivity index (χ2n) is 4.71. The van der Waals surface area contributed by atoms with Crippen LogP contribution in [0.2, 0.25) is 0 Å². The highest BCUT2D eigenvalue weighted by Gasteiger charge is 2.68. The summed E-state index contributed by atoms with van der Waals surface area (Å²) in [5.74, 6) is -0.218. The van der Waals surface area contributed by atoms with Crippen LogP contribution in [-0.2, 0) is 14.3 Å². The fourth-order valence-corrected chi connectivity index (χ4v) is 3.73. The molecule has 1 aliphatic carbocycles. The molecule has 5 heteroatoms. The number of carbonyl (C=O) groups is 2. The van der Waals surface area contributed by atoms with E-state index >= 15 is 0 Å². The first-order valence-electron chi connectivity index (χ1n) is 5.66. The summed E-state index contributed by atoms with van der Waals surface area (Å²) in [5, 5.41) is 1.88. The van der Waals surface area contributed by atoms with Crippen molar-refractivity contribution >= 4 is 22.9 Å². The number of fused-ring (bicyclic) bond motifs is 4. The van der Waals surface area contributed by atoms with Crippen LogP contribution < -0.4 is 0 Å². The zero-order chi connectivity index (χ0) is 11.6. The fourth-order valence-electron chi connectivity index (χ4n) is 3.01. The van der Waals surface area contributed by atoms with Crippen LogP contribution in [0.4, 0.5) is 0 Å². The molecule has 0 aromatic carbocycles. The highest BCUT2D eigenvalue weighted by Crippen LogP contribution is 2.57. The van der Waals surface area contributed by atoms with Crippen molar-refractivity contribution in [3.8, 4) is 0 Å². The molecule has 0 N–H and O–H groups in total. The maximum absolute atomic E-state index is 12.2. The molecule has 2 aliphatic heterocycles. The molecule has 1 aromatic heterocycles. The smallest absolute Gasteiger partial charge is 0.218 e. The van der Waals surface area contributed by atoms with Gasteiger partial charge in [-0.2, -0.15) is 0 Å². The highest BCUT2D eigenvalue weighted by molar-refractivity contribution is 7.12. The number of hydrogen-bond donors (Lipinski definition) is 0. The van der Waals surface area contributed by atoms with Gasteiger partial charge in [0.15, 0.2) is 11.6 Å². The quantitative estimate of drug-likeness (QED) is 0.738. The summed E-state index contributed by atoms with van der Waals surface area (Å²) < 4.78 is 10.7. The number of carbonyl (C=O) groups excluding carboxylic acids is 2. The lowest BCUT2D eigenvalue weighted by Crippen LogP contribution is -2.30. The van der Waals surface area contributed by atoms with E-state index in [-0.39, 0.29) is 35.4 Å². The summed E-state index contributed by atoms with van der Waals surface area (Å²) in [5.41, 5.74) is 0. The number of ether oxygens (including phenoxy) is 2. The van der Waals surface area contributed by atoms with E-state index in [1.807, 2.05) is 17.5 Å². The molecule has 2 bridgehead atoms. The van der Waals surface area contributed by atoms with Crippen molar-refractivity contribution in [2.24, 2.45) is 17.8 Å². The first-order valence-corrected chi connectivity index (χ1v) is 6.54. The van der Waals surface area contributed by atoms with Crippen LogP contribution >= 0.6 is 11.3 Å². The van der Waals surface area contributed by atoms with Crippen LogP contribution in [0.25, 0.3) is 0 Å². The first-order chi connectivity index (χ1) is 8.27. The third kappa shape index (κ3) is 1.24. The average Bonchev–Trinajstić information content (AvgIpc) is 2.77. The Kier molecular flexibility index (Phi) is 1.90. The Bertz CT molecular complexity index is 495. The Hall–Kier alpha value is -1.04. The van der Waals surface area contributed by atoms with Gasteiger partial charge in [0.1, 0.15) is 0 Å². The molecule has 0 amide bonds. The van der Waals surface area contributed by atoms with E-state index in [4.69, 9.17) is 9.47 Å². The van der Waals surface area contributed by atoms with Crippen molar-refractivity contribution in [2.75, 3.05) is 6.61 Å². The number of rotatable bonds is 2. The van der Waals surface area contributed by atoms with Gasteiger partial charge in [-0.25, -0.2) is 0 Å². The summed E-state index contributed by atoms with van der Waals surface area (Å²) in [4.78, 5) is 24.9. The molecule has 17 heavy (non-hydrogen) atoms. The van der Waals surface area contributed by atoms with Crippen molar-refractivity contribution in [2.45, 2.75) is 12.4 Å². The predicted octanol–water partition coefficient (Wildman–Crippen LogP) is 1.12. The van der Waals surface area contributed by atoms with Crippen LogP contribution in [0.1, 0.15) is 9.67 Å². The van der Waals surface area contributed by atoms with Crippen molar-refractivity contribution in [1.29, 1.82) is 0 Å². The van der Waals surface area contributed by atoms with Gasteiger partial charge in [0, 0.05) is 17.8 Å². The maximum Gasteiger partial charge on any atom is 0.218 e. The predicted molar refractivity (Wildman–Crippen MR) is 58.7 cm³/mol. The Morgan fingerprint density at radius 2 is 2.35 bits per heavy atom. The Labute approximate surface area is 102 Å². The highest BCUT2D eigenvalue weighted by atomic mass is 32.1. The standard InChI is InChI=1S/C12H10O4S/c13-10(6-2-1-3-17-6)8-7-5-4-15-12(16-5)11(14)9(7)8/h1-3,5,7-9,12H,4H2/t5-,7-,8+,9-,12+/m0/s1. The minimum atomic E-state index is -0.706. The number of hydrogen-bond acceptors (Lipinski definition) is 5. The van der Waals surface area contributed by atoms with Crippen LogP contribution in [-0.4, -0.2) is 30.6 Å². The van der Waals surface area contributed by atoms with Gasteiger partial charge in [-0.1, -0.05) is 6.07 Å². The van der Waals surface area contributed by atoms with Gasteiger partial charge in [0.05, 0.1) is 17.6 Å². The van der Waals surface area contributed by atoms with Gasteiger partial charge in [-0.05, 0) is 11.4 Å². The Balaban J connectivity index is 1.63. The lowest BCUT2D eigenvalue weighted by Gasteiger charge is -2.14. The van der Waals surface area contributed by atoms with Gasteiger partial charge < -0.3 is 9.47 Å². The first kappa shape index (κ1) is 9.94. The maximum atomic E-state index is 12.2. The zero-order valence-corrected chi connectivity index (χ0v) is 9.68. The molecule has 1 saturated carbocycles. The average molecular weight is 250 g/mol. The van der Waals surface area contributed by atoms with Crippen molar-refractivity contribution in [1.82, 2.24) is 0 Å². The van der Waals surface area contributed by atoms with Crippen LogP contribution in [0.5, 0.6) is 0 Å². The second kappa shape index (κ2) is 3.25. The van der Waals surface area contributed by atoms with Crippen molar-refractivity contribution < 1.29 is 19.1 Å². The summed E-state index contributed by atoms with van der Waals surface area (Å²) >= 11 is 1.43. The van der Waals surface area contributed by atoms with Gasteiger partial charge in [0.25, 0.3) is 0 Å². The molecular formula is C12H10O4S. The number of Topliss-reactive ketones (excluding diaryl/α,β-unsaturated/α-hetero) is 2. The fraction of sp³-hybridized carbons (Fsp3) is 0.500. The van der Waals surface area contributed by atoms with Gasteiger partial charge in [0.2, 0.25) is 6.29 Å². The van der Waals surface area contributed by atoms with Gasteiger partial charge in [-0.15, -0.1) is 11.3 Å². The third-order valence-corrected chi connectivity index (χ3v) is 4.73. The van der Waals surface area contributed by atoms with E-state index in [0.717, 1.165) is 4.88 Å². The van der Waals surface area contributed by atoms with Crippen molar-refractivity contribution in [3.05, 3.63) is 22.4 Å². The summed E-state index contributed by atoms with van der Waals surface area (Å²) in [7, 11) is 0. The molecule has 1 aromatic rings. The molecular weight excluding hydrogens is 240 g/mol. The number of thiophene rings is 1. The molecule has 3 heterocycles. The van der Waals surface area contributed by atoms with E-state index in [9.17, 15) is 9.59 Å². The molecule has 3 aliphatic rings. The van der Waals surface area contributed by atoms with E-state index in [2.05, 4.69) is 0 Å². The Morgan fingerprint density at radius 3 is 3.12 bits per heavy atom. The van der Waals surface area contributed by atoms with Gasteiger partial charge in [-0.3, -0.25) is 9.59 Å². The largest absolute Gasteiger partial charge is 0.343 e. The summed E-state index contributed by atoms with van der Waals surface area (Å²) in [6, 6.07) is 3.68. The molecule has 0 radical (unpaired) electrons. The minimum absolute atomic E-state index is 0.0429. The molecule has 5 atom stereocenters. The van der Waals surface area contributed by atoms with Crippen LogP contribution in [0.3, 0.4) is 0 Å². The monoisotopic (exact) mass is 250 g/mol.